The van der Waals surface area contributed by atoms with E-state index < -0.39 is 0 Å². The van der Waals surface area contributed by atoms with E-state index in [4.69, 9.17) is 4.74 Å². The summed E-state index contributed by atoms with van der Waals surface area (Å²) >= 11 is 1.64. The van der Waals surface area contributed by atoms with Crippen LogP contribution in [-0.4, -0.2) is 44.0 Å². The molecular weight excluding hydrogens is 326 g/mol. The van der Waals surface area contributed by atoms with Gasteiger partial charge in [0.25, 0.3) is 11.8 Å². The molecular formula is C17H19N3O3S. The fourth-order valence-electron chi connectivity index (χ4n) is 2.57. The van der Waals surface area contributed by atoms with Gasteiger partial charge in [0.05, 0.1) is 11.7 Å². The van der Waals surface area contributed by atoms with E-state index in [0.717, 1.165) is 0 Å². The number of likely N-dealkylation sites (N-methyl/N-ethyl adjacent to an activating group) is 1. The lowest BCUT2D eigenvalue weighted by molar-refractivity contribution is -0.118. The second-order valence-electron chi connectivity index (χ2n) is 5.79. The summed E-state index contributed by atoms with van der Waals surface area (Å²) in [4.78, 5) is 25.8. The fraction of sp³-hybridized carbons (Fsp3) is 0.294. The van der Waals surface area contributed by atoms with Gasteiger partial charge in [0.1, 0.15) is 5.75 Å². The number of ether oxygens (including phenoxy) is 1. The SMILES string of the molecule is CN(C)[C@H](CNC(=O)c1ccc2c(c1)OCC(=O)N2)c1ccsc1. The molecule has 0 saturated carbocycles. The highest BCUT2D eigenvalue weighted by atomic mass is 32.1. The van der Waals surface area contributed by atoms with Crippen molar-refractivity contribution >= 4 is 28.8 Å². The van der Waals surface area contributed by atoms with Crippen molar-refractivity contribution in [2.75, 3.05) is 32.6 Å². The predicted octanol–water partition coefficient (Wildman–Crippen LogP) is 2.11. The lowest BCUT2D eigenvalue weighted by atomic mass is 10.1. The maximum atomic E-state index is 12.4. The number of amides is 2. The quantitative estimate of drug-likeness (QED) is 0.871. The normalized spacial score (nSPS) is 14.5. The van der Waals surface area contributed by atoms with E-state index in [1.54, 1.807) is 29.5 Å². The second-order valence-corrected chi connectivity index (χ2v) is 6.57. The smallest absolute Gasteiger partial charge is 0.262 e. The Kier molecular flexibility index (Phi) is 4.82. The zero-order valence-corrected chi connectivity index (χ0v) is 14.4. The molecule has 1 aromatic carbocycles. The van der Waals surface area contributed by atoms with Crippen LogP contribution in [0.25, 0.3) is 0 Å². The highest BCUT2D eigenvalue weighted by molar-refractivity contribution is 7.07. The molecule has 3 rings (SSSR count). The largest absolute Gasteiger partial charge is 0.482 e. The lowest BCUT2D eigenvalue weighted by Crippen LogP contribution is -2.34. The van der Waals surface area contributed by atoms with Gasteiger partial charge in [-0.2, -0.15) is 11.3 Å². The van der Waals surface area contributed by atoms with Crippen LogP contribution in [0.5, 0.6) is 5.75 Å². The Hall–Kier alpha value is -2.38. The molecule has 0 aliphatic carbocycles. The van der Waals surface area contributed by atoms with Crippen molar-refractivity contribution in [1.29, 1.82) is 0 Å². The van der Waals surface area contributed by atoms with Crippen molar-refractivity contribution in [2.24, 2.45) is 0 Å². The topological polar surface area (TPSA) is 70.7 Å². The number of rotatable bonds is 5. The Morgan fingerprint density at radius 2 is 2.25 bits per heavy atom. The minimum absolute atomic E-state index is 0.0288. The van der Waals surface area contributed by atoms with E-state index in [1.807, 2.05) is 19.5 Å². The molecule has 1 aromatic heterocycles. The summed E-state index contributed by atoms with van der Waals surface area (Å²) in [7, 11) is 3.98. The van der Waals surface area contributed by atoms with Crippen molar-refractivity contribution < 1.29 is 14.3 Å². The van der Waals surface area contributed by atoms with Gasteiger partial charge < -0.3 is 20.3 Å². The number of carbonyl (C=O) groups is 2. The van der Waals surface area contributed by atoms with Crippen LogP contribution < -0.4 is 15.4 Å². The van der Waals surface area contributed by atoms with Crippen molar-refractivity contribution in [3.05, 3.63) is 46.2 Å². The highest BCUT2D eigenvalue weighted by Crippen LogP contribution is 2.28. The molecule has 1 aliphatic rings. The van der Waals surface area contributed by atoms with Gasteiger partial charge in [-0.3, -0.25) is 9.59 Å². The Balaban J connectivity index is 1.68. The van der Waals surface area contributed by atoms with Gasteiger partial charge in [-0.15, -0.1) is 0 Å². The highest BCUT2D eigenvalue weighted by Gasteiger charge is 2.19. The molecule has 0 bridgehead atoms. The molecule has 0 radical (unpaired) electrons. The van der Waals surface area contributed by atoms with Gasteiger partial charge in [-0.05, 0) is 54.7 Å². The first-order valence-electron chi connectivity index (χ1n) is 7.58. The maximum absolute atomic E-state index is 12.4. The number of hydrogen-bond acceptors (Lipinski definition) is 5. The fourth-order valence-corrected chi connectivity index (χ4v) is 3.28. The maximum Gasteiger partial charge on any atom is 0.262 e. The number of thiophene rings is 1. The summed E-state index contributed by atoms with van der Waals surface area (Å²) in [5.41, 5.74) is 2.28. The molecule has 24 heavy (non-hydrogen) atoms. The molecule has 0 unspecified atom stereocenters. The summed E-state index contributed by atoms with van der Waals surface area (Å²) in [5, 5.41) is 9.79. The number of anilines is 1. The predicted molar refractivity (Wildman–Crippen MR) is 93.6 cm³/mol. The summed E-state index contributed by atoms with van der Waals surface area (Å²) in [5.74, 6) is 0.161. The van der Waals surface area contributed by atoms with Gasteiger partial charge in [0.2, 0.25) is 0 Å². The third kappa shape index (κ3) is 3.58. The van der Waals surface area contributed by atoms with Crippen LogP contribution in [0.3, 0.4) is 0 Å². The number of hydrogen-bond donors (Lipinski definition) is 2. The van der Waals surface area contributed by atoms with Crippen LogP contribution >= 0.6 is 11.3 Å². The molecule has 0 saturated heterocycles. The Bertz CT molecular complexity index is 744. The summed E-state index contributed by atoms with van der Waals surface area (Å²) < 4.78 is 5.35. The number of benzene rings is 1. The van der Waals surface area contributed by atoms with E-state index in [9.17, 15) is 9.59 Å². The molecule has 2 aromatic rings. The van der Waals surface area contributed by atoms with E-state index in [1.165, 1.54) is 5.56 Å². The molecule has 2 amide bonds. The first kappa shape index (κ1) is 16.5. The van der Waals surface area contributed by atoms with Crippen molar-refractivity contribution in [3.8, 4) is 5.75 Å². The Labute approximate surface area is 144 Å². The van der Waals surface area contributed by atoms with Crippen LogP contribution in [-0.2, 0) is 4.79 Å². The van der Waals surface area contributed by atoms with Gasteiger partial charge in [0.15, 0.2) is 6.61 Å². The molecule has 2 N–H and O–H groups in total. The molecule has 6 nitrogen and oxygen atoms in total. The molecule has 1 atom stereocenters. The summed E-state index contributed by atoms with van der Waals surface area (Å²) in [6, 6.07) is 7.20. The van der Waals surface area contributed by atoms with Crippen LogP contribution in [0.15, 0.2) is 35.0 Å². The molecule has 126 valence electrons. The van der Waals surface area contributed by atoms with E-state index in [-0.39, 0.29) is 24.5 Å². The Morgan fingerprint density at radius 1 is 1.42 bits per heavy atom. The number of carbonyl (C=O) groups excluding carboxylic acids is 2. The van der Waals surface area contributed by atoms with Crippen LogP contribution in [0.4, 0.5) is 5.69 Å². The molecule has 7 heteroatoms. The molecule has 0 spiro atoms. The summed E-state index contributed by atoms with van der Waals surface area (Å²) in [6.07, 6.45) is 0. The van der Waals surface area contributed by atoms with E-state index in [2.05, 4.69) is 27.0 Å². The van der Waals surface area contributed by atoms with E-state index >= 15 is 0 Å². The average molecular weight is 345 g/mol. The van der Waals surface area contributed by atoms with Gasteiger partial charge in [-0.25, -0.2) is 0 Å². The van der Waals surface area contributed by atoms with Crippen LogP contribution in [0, 0.1) is 0 Å². The first-order chi connectivity index (χ1) is 11.5. The van der Waals surface area contributed by atoms with Crippen molar-refractivity contribution in [2.45, 2.75) is 6.04 Å². The van der Waals surface area contributed by atoms with E-state index in [0.29, 0.717) is 23.5 Å². The van der Waals surface area contributed by atoms with Crippen LogP contribution in [0.1, 0.15) is 22.0 Å². The summed E-state index contributed by atoms with van der Waals surface area (Å²) in [6.45, 7) is 0.482. The van der Waals surface area contributed by atoms with Crippen molar-refractivity contribution in [1.82, 2.24) is 10.2 Å². The Morgan fingerprint density at radius 3 is 2.96 bits per heavy atom. The molecule has 2 heterocycles. The first-order valence-corrected chi connectivity index (χ1v) is 8.52. The lowest BCUT2D eigenvalue weighted by Gasteiger charge is -2.24. The number of nitrogens with zero attached hydrogens (tertiary/aromatic N) is 1. The minimum Gasteiger partial charge on any atom is -0.482 e. The minimum atomic E-state index is -0.190. The van der Waals surface area contributed by atoms with Gasteiger partial charge in [-0.1, -0.05) is 0 Å². The molecule has 1 aliphatic heterocycles. The molecule has 0 fully saturated rings. The van der Waals surface area contributed by atoms with Crippen molar-refractivity contribution in [3.63, 3.8) is 0 Å². The monoisotopic (exact) mass is 345 g/mol. The standard InChI is InChI=1S/C17H19N3O3S/c1-20(2)14(12-5-6-24-10-12)8-18-17(22)11-3-4-13-15(7-11)23-9-16(21)19-13/h3-7,10,14H,8-9H2,1-2H3,(H,18,22)(H,19,21)/t14-/m1/s1. The van der Waals surface area contributed by atoms with Gasteiger partial charge >= 0.3 is 0 Å². The van der Waals surface area contributed by atoms with Crippen LogP contribution in [0.2, 0.25) is 0 Å². The number of nitrogens with one attached hydrogen (secondary N) is 2. The average Bonchev–Trinajstić information content (AvgIpc) is 3.08. The third-order valence-electron chi connectivity index (χ3n) is 3.88. The zero-order valence-electron chi connectivity index (χ0n) is 13.5. The number of fused-ring (bicyclic) bond motifs is 1. The zero-order chi connectivity index (χ0) is 17.1. The van der Waals surface area contributed by atoms with Gasteiger partial charge in [0, 0.05) is 12.1 Å². The third-order valence-corrected chi connectivity index (χ3v) is 4.59. The second kappa shape index (κ2) is 7.02.